The van der Waals surface area contributed by atoms with E-state index in [9.17, 15) is 9.59 Å². The van der Waals surface area contributed by atoms with E-state index in [0.717, 1.165) is 6.42 Å². The monoisotopic (exact) mass is 250 g/mol. The van der Waals surface area contributed by atoms with Crippen LogP contribution in [0.15, 0.2) is 0 Å². The molecule has 0 amide bonds. The Hall–Kier alpha value is -0.186. The van der Waals surface area contributed by atoms with Crippen LogP contribution in [0, 0.1) is 0 Å². The molecule has 0 unspecified atom stereocenters. The molecule has 0 spiro atoms. The summed E-state index contributed by atoms with van der Waals surface area (Å²) in [6, 6.07) is 0. The summed E-state index contributed by atoms with van der Waals surface area (Å²) in [7, 11) is 0. The van der Waals surface area contributed by atoms with Gasteiger partial charge in [0.05, 0.1) is 0 Å². The van der Waals surface area contributed by atoms with Crippen LogP contribution in [0.4, 0.5) is 0 Å². The predicted molar refractivity (Wildman–Crippen MR) is 51.5 cm³/mol. The van der Waals surface area contributed by atoms with Gasteiger partial charge in [-0.3, -0.25) is 9.68 Å². The van der Waals surface area contributed by atoms with Crippen molar-refractivity contribution in [1.29, 1.82) is 0 Å². The van der Waals surface area contributed by atoms with Crippen molar-refractivity contribution in [2.45, 2.75) is 52.6 Å². The minimum absolute atomic E-state index is 0. The zero-order valence-corrected chi connectivity index (χ0v) is 11.3. The maximum atomic E-state index is 11.0. The van der Waals surface area contributed by atoms with Gasteiger partial charge in [0, 0.05) is 28.1 Å². The standard InChI is InChI=1S/C10H18O4.Ti/c1-5-6-8(11)7-9(12)13-14-10(2,3)4;/h5-7H2,1-4H3;. The Balaban J connectivity index is 0. The molecule has 0 atom stereocenters. The van der Waals surface area contributed by atoms with Crippen molar-refractivity contribution in [3.63, 3.8) is 0 Å². The Kier molecular flexibility index (Phi) is 9.21. The number of carbonyl (C=O) groups is 2. The molecule has 0 aliphatic heterocycles. The molecule has 86 valence electrons. The minimum Gasteiger partial charge on any atom is -0.299 e. The number of ketones is 1. The number of hydrogen-bond donors (Lipinski definition) is 0. The van der Waals surface area contributed by atoms with Crippen molar-refractivity contribution in [2.24, 2.45) is 0 Å². The van der Waals surface area contributed by atoms with Crippen molar-refractivity contribution in [3.05, 3.63) is 0 Å². The summed E-state index contributed by atoms with van der Waals surface area (Å²) in [4.78, 5) is 31.3. The van der Waals surface area contributed by atoms with Gasteiger partial charge in [-0.25, -0.2) is 4.79 Å². The van der Waals surface area contributed by atoms with E-state index in [1.807, 2.05) is 6.92 Å². The van der Waals surface area contributed by atoms with Gasteiger partial charge < -0.3 is 0 Å². The molecule has 0 radical (unpaired) electrons. The average Bonchev–Trinajstić information content (AvgIpc) is 2.00. The second-order valence-corrected chi connectivity index (χ2v) is 4.12. The zero-order chi connectivity index (χ0) is 11.2. The van der Waals surface area contributed by atoms with Gasteiger partial charge in [-0.05, 0) is 27.2 Å². The Bertz CT molecular complexity index is 208. The molecule has 0 fully saturated rings. The minimum atomic E-state index is -0.627. The third kappa shape index (κ3) is 11.7. The third-order valence-corrected chi connectivity index (χ3v) is 1.25. The van der Waals surface area contributed by atoms with Crippen molar-refractivity contribution < 1.29 is 41.1 Å². The average molecular weight is 250 g/mol. The maximum absolute atomic E-state index is 11.0. The number of hydrogen-bond acceptors (Lipinski definition) is 4. The van der Waals surface area contributed by atoms with Gasteiger partial charge >= 0.3 is 5.97 Å². The third-order valence-electron chi connectivity index (χ3n) is 1.25. The fraction of sp³-hybridized carbons (Fsp3) is 0.800. The van der Waals surface area contributed by atoms with Gasteiger partial charge in [-0.2, -0.15) is 4.89 Å². The van der Waals surface area contributed by atoms with E-state index < -0.39 is 11.6 Å². The van der Waals surface area contributed by atoms with E-state index in [0.29, 0.717) is 6.42 Å². The SMILES string of the molecule is CCCC(=O)CC(=O)OOC(C)(C)C.[Ti]. The van der Waals surface area contributed by atoms with Crippen LogP contribution in [0.1, 0.15) is 47.0 Å². The van der Waals surface area contributed by atoms with Crippen LogP contribution in [-0.2, 0) is 41.1 Å². The fourth-order valence-corrected chi connectivity index (χ4v) is 0.729. The van der Waals surface area contributed by atoms with Gasteiger partial charge in [0.1, 0.15) is 17.8 Å². The van der Waals surface area contributed by atoms with Crippen LogP contribution < -0.4 is 0 Å². The van der Waals surface area contributed by atoms with Crippen LogP contribution in [0.2, 0.25) is 0 Å². The Morgan fingerprint density at radius 1 is 1.20 bits per heavy atom. The molecule has 0 aliphatic carbocycles. The van der Waals surface area contributed by atoms with Crippen LogP contribution >= 0.6 is 0 Å². The zero-order valence-electron chi connectivity index (χ0n) is 9.75. The summed E-state index contributed by atoms with van der Waals surface area (Å²) in [6.45, 7) is 7.16. The topological polar surface area (TPSA) is 52.6 Å². The number of carbonyl (C=O) groups excluding carboxylic acids is 2. The summed E-state index contributed by atoms with van der Waals surface area (Å²) in [5.74, 6) is -0.742. The van der Waals surface area contributed by atoms with Gasteiger partial charge in [0.15, 0.2) is 0 Å². The Morgan fingerprint density at radius 3 is 2.13 bits per heavy atom. The van der Waals surface area contributed by atoms with Crippen LogP contribution in [0.5, 0.6) is 0 Å². The molecule has 5 heteroatoms. The normalized spacial score (nSPS) is 10.4. The van der Waals surface area contributed by atoms with Gasteiger partial charge in [-0.15, -0.1) is 0 Å². The second kappa shape index (κ2) is 8.02. The fourth-order valence-electron chi connectivity index (χ4n) is 0.729. The van der Waals surface area contributed by atoms with E-state index in [1.54, 1.807) is 20.8 Å². The maximum Gasteiger partial charge on any atom is 0.349 e. The van der Waals surface area contributed by atoms with Gasteiger partial charge in [0.2, 0.25) is 0 Å². The molecule has 15 heavy (non-hydrogen) atoms. The molecule has 0 N–H and O–H groups in total. The van der Waals surface area contributed by atoms with Crippen LogP contribution in [0.25, 0.3) is 0 Å². The van der Waals surface area contributed by atoms with Gasteiger partial charge in [0.25, 0.3) is 0 Å². The molecule has 0 rings (SSSR count). The predicted octanol–water partition coefficient (Wildman–Crippen LogP) is 2.02. The number of rotatable bonds is 5. The van der Waals surface area contributed by atoms with Crippen molar-refractivity contribution in [3.8, 4) is 0 Å². The molecular formula is C10H18O4Ti. The quantitative estimate of drug-likeness (QED) is 0.324. The first-order chi connectivity index (χ1) is 6.35. The first kappa shape index (κ1) is 17.2. The van der Waals surface area contributed by atoms with Crippen LogP contribution in [0.3, 0.4) is 0 Å². The van der Waals surface area contributed by atoms with E-state index in [1.165, 1.54) is 0 Å². The summed E-state index contributed by atoms with van der Waals surface area (Å²) in [5.41, 5.74) is -0.538. The molecule has 0 aliphatic rings. The molecule has 0 saturated carbocycles. The first-order valence-corrected chi connectivity index (χ1v) is 4.75. The molecule has 0 aromatic heterocycles. The summed E-state index contributed by atoms with van der Waals surface area (Å²) < 4.78 is 0. The van der Waals surface area contributed by atoms with Gasteiger partial charge in [-0.1, -0.05) is 6.92 Å². The second-order valence-electron chi connectivity index (χ2n) is 4.12. The first-order valence-electron chi connectivity index (χ1n) is 4.75. The summed E-state index contributed by atoms with van der Waals surface area (Å²) in [5, 5.41) is 0. The van der Waals surface area contributed by atoms with E-state index in [-0.39, 0.29) is 33.9 Å². The molecule has 0 aromatic carbocycles. The Labute approximate surface area is 106 Å². The van der Waals surface area contributed by atoms with E-state index in [4.69, 9.17) is 4.89 Å². The van der Waals surface area contributed by atoms with Crippen molar-refractivity contribution in [1.82, 2.24) is 0 Å². The molecule has 0 bridgehead atoms. The molecule has 0 heterocycles. The number of Topliss-reactive ketones (excluding diaryl/α,β-unsaturated/α-hetero) is 1. The summed E-state index contributed by atoms with van der Waals surface area (Å²) in [6.07, 6.45) is 0.945. The van der Waals surface area contributed by atoms with E-state index in [2.05, 4.69) is 4.89 Å². The van der Waals surface area contributed by atoms with Crippen LogP contribution in [-0.4, -0.2) is 17.4 Å². The Morgan fingerprint density at radius 2 is 1.73 bits per heavy atom. The largest absolute Gasteiger partial charge is 0.349 e. The van der Waals surface area contributed by atoms with E-state index >= 15 is 0 Å². The molecule has 0 saturated heterocycles. The molecular weight excluding hydrogens is 232 g/mol. The summed E-state index contributed by atoms with van der Waals surface area (Å²) >= 11 is 0. The van der Waals surface area contributed by atoms with Crippen molar-refractivity contribution >= 4 is 11.8 Å². The molecule has 4 nitrogen and oxygen atoms in total. The van der Waals surface area contributed by atoms with Crippen molar-refractivity contribution in [2.75, 3.05) is 0 Å². The smallest absolute Gasteiger partial charge is 0.299 e. The molecule has 0 aromatic rings.